The number of nitrogens with one attached hydrogen (secondary N) is 2. The monoisotopic (exact) mass is 595 g/mol. The number of anilines is 2. The van der Waals surface area contributed by atoms with Gasteiger partial charge in [-0.05, 0) is 106 Å². The summed E-state index contributed by atoms with van der Waals surface area (Å²) in [7, 11) is 6.16. The normalized spacial score (nSPS) is 24.5. The number of aromatic nitrogens is 4. The molecule has 2 radical (unpaired) electrons. The van der Waals surface area contributed by atoms with Gasteiger partial charge in [-0.15, -0.1) is 5.10 Å². The van der Waals surface area contributed by atoms with Crippen LogP contribution in [-0.4, -0.2) is 58.7 Å². The Balaban J connectivity index is 1.04. The number of pyridine rings is 2. The van der Waals surface area contributed by atoms with Crippen molar-refractivity contribution in [3.63, 3.8) is 0 Å². The molecule has 222 valence electrons. The maximum atomic E-state index is 13.6. The molecule has 1 atom stereocenters. The molecule has 5 heterocycles. The van der Waals surface area contributed by atoms with Gasteiger partial charge in [-0.2, -0.15) is 0 Å². The molecule has 4 fully saturated rings. The second-order valence-electron chi connectivity index (χ2n) is 13.8. The molecule has 2 N–H and O–H groups in total. The summed E-state index contributed by atoms with van der Waals surface area (Å²) >= 11 is 1.18. The fourth-order valence-corrected chi connectivity index (χ4v) is 9.03. The van der Waals surface area contributed by atoms with Crippen LogP contribution in [0, 0.1) is 22.7 Å². The van der Waals surface area contributed by atoms with Crippen LogP contribution in [0.25, 0.3) is 5.82 Å². The van der Waals surface area contributed by atoms with Gasteiger partial charge in [0.15, 0.2) is 5.82 Å². The summed E-state index contributed by atoms with van der Waals surface area (Å²) in [6.07, 6.45) is 11.8. The second-order valence-corrected chi connectivity index (χ2v) is 14.7. The van der Waals surface area contributed by atoms with Crippen molar-refractivity contribution in [2.75, 3.05) is 29.9 Å². The Morgan fingerprint density at radius 3 is 2.70 bits per heavy atom. The summed E-state index contributed by atoms with van der Waals surface area (Å²) in [5.74, 6) is 3.75. The van der Waals surface area contributed by atoms with Crippen LogP contribution >= 0.6 is 11.9 Å². The lowest BCUT2D eigenvalue weighted by molar-refractivity contribution is 0.0984. The Morgan fingerprint density at radius 2 is 1.91 bits per heavy atom. The fourth-order valence-electron chi connectivity index (χ4n) is 8.45. The smallest absolute Gasteiger partial charge is 0.265 e. The molecule has 1 saturated heterocycles. The molecule has 3 aromatic heterocycles. The number of ether oxygens (including phenoxy) is 1. The molecule has 0 aromatic carbocycles. The predicted molar refractivity (Wildman–Crippen MR) is 168 cm³/mol. The lowest BCUT2D eigenvalue weighted by Gasteiger charge is -2.34. The number of fused-ring (bicyclic) bond motifs is 7. The van der Waals surface area contributed by atoms with Gasteiger partial charge < -0.3 is 15.0 Å². The van der Waals surface area contributed by atoms with Crippen LogP contribution in [0.5, 0.6) is 5.88 Å². The van der Waals surface area contributed by atoms with Gasteiger partial charge in [-0.1, -0.05) is 11.5 Å². The number of carbonyl (C=O) groups is 1. The van der Waals surface area contributed by atoms with Crippen LogP contribution in [0.1, 0.15) is 75.6 Å². The van der Waals surface area contributed by atoms with Gasteiger partial charge in [-0.25, -0.2) is 14.6 Å². The third kappa shape index (κ3) is 4.69. The van der Waals surface area contributed by atoms with Crippen molar-refractivity contribution in [2.24, 2.45) is 22.7 Å². The van der Waals surface area contributed by atoms with Crippen molar-refractivity contribution in [3.8, 4) is 11.7 Å². The first-order valence-corrected chi connectivity index (χ1v) is 16.5. The van der Waals surface area contributed by atoms with Crippen molar-refractivity contribution >= 4 is 42.8 Å². The SMILES string of the molecule is [B]c1ccc2nc1NCCCC1CN(c3nc(-n4ccc(OCCC5C6(CC6)C56CC6)n4)ccc3C(=O)NS2)C(C)(C)C1. The Bertz CT molecular complexity index is 1570. The fraction of sp³-hybridized carbons (Fsp3) is 0.562. The Kier molecular flexibility index (Phi) is 6.30. The second kappa shape index (κ2) is 9.91. The molecule has 1 unspecified atom stereocenters. The highest BCUT2D eigenvalue weighted by Crippen LogP contribution is 2.93. The van der Waals surface area contributed by atoms with E-state index in [-0.39, 0.29) is 11.4 Å². The zero-order valence-corrected chi connectivity index (χ0v) is 25.8. The first kappa shape index (κ1) is 27.4. The maximum absolute atomic E-state index is 13.6. The number of rotatable bonds is 5. The van der Waals surface area contributed by atoms with Crippen molar-refractivity contribution < 1.29 is 9.53 Å². The van der Waals surface area contributed by atoms with Gasteiger partial charge in [-0.3, -0.25) is 9.52 Å². The van der Waals surface area contributed by atoms with E-state index in [2.05, 4.69) is 33.8 Å². The van der Waals surface area contributed by atoms with Crippen LogP contribution in [0.15, 0.2) is 41.6 Å². The van der Waals surface area contributed by atoms with Gasteiger partial charge in [0.1, 0.15) is 24.5 Å². The number of hydrogen-bond donors (Lipinski definition) is 2. The topological polar surface area (TPSA) is 97.2 Å². The quantitative estimate of drug-likeness (QED) is 0.325. The molecule has 8 rings (SSSR count). The van der Waals surface area contributed by atoms with E-state index in [0.717, 1.165) is 44.7 Å². The molecule has 2 aliphatic heterocycles. The molecular weight excluding hydrogens is 557 g/mol. The molecule has 43 heavy (non-hydrogen) atoms. The summed E-state index contributed by atoms with van der Waals surface area (Å²) < 4.78 is 10.8. The van der Waals surface area contributed by atoms with E-state index in [4.69, 9.17) is 22.7 Å². The first-order valence-electron chi connectivity index (χ1n) is 15.7. The molecule has 3 aliphatic carbocycles. The van der Waals surface area contributed by atoms with E-state index in [0.29, 0.717) is 62.7 Å². The van der Waals surface area contributed by atoms with E-state index >= 15 is 0 Å². The van der Waals surface area contributed by atoms with Crippen LogP contribution in [0.4, 0.5) is 11.6 Å². The van der Waals surface area contributed by atoms with Crippen molar-refractivity contribution in [1.29, 1.82) is 0 Å². The summed E-state index contributed by atoms with van der Waals surface area (Å²) in [5, 5.41) is 8.76. The average molecular weight is 596 g/mol. The van der Waals surface area contributed by atoms with Gasteiger partial charge >= 0.3 is 0 Å². The zero-order valence-electron chi connectivity index (χ0n) is 24.9. The molecular formula is C32H38BN7O2S. The molecule has 4 bridgehead atoms. The van der Waals surface area contributed by atoms with Crippen LogP contribution < -0.4 is 25.1 Å². The molecule has 2 spiro atoms. The summed E-state index contributed by atoms with van der Waals surface area (Å²) in [6.45, 7) is 6.82. The predicted octanol–water partition coefficient (Wildman–Crippen LogP) is 4.66. The summed E-state index contributed by atoms with van der Waals surface area (Å²) in [5.41, 5.74) is 2.38. The largest absolute Gasteiger partial charge is 0.477 e. The van der Waals surface area contributed by atoms with Gasteiger partial charge in [0, 0.05) is 42.8 Å². The lowest BCUT2D eigenvalue weighted by Crippen LogP contribution is -2.40. The number of nitrogens with zero attached hydrogens (tertiary/aromatic N) is 5. The number of hydrogen-bond acceptors (Lipinski definition) is 8. The molecule has 1 amide bonds. The van der Waals surface area contributed by atoms with Crippen LogP contribution in [0.2, 0.25) is 0 Å². The third-order valence-electron chi connectivity index (χ3n) is 10.8. The number of amides is 1. The van der Waals surface area contributed by atoms with Crippen LogP contribution in [0.3, 0.4) is 0 Å². The highest BCUT2D eigenvalue weighted by Gasteiger charge is 2.85. The van der Waals surface area contributed by atoms with Crippen LogP contribution in [-0.2, 0) is 0 Å². The standard InChI is InChI=1S/C32H38BN7O2S/c1-30(2)18-20-4-3-15-34-27-22(33)6-8-26(36-27)43-38-29(41)21-5-7-24(35-28(21)39(30)19-20)40-16-9-25(37-40)42-17-10-23-31(11-12-31)32(23)13-14-32/h5-9,16,20,23H,3-4,10-15,17-19H2,1-2H3,(H,34,36)(H,38,41). The molecule has 9 nitrogen and oxygen atoms in total. The van der Waals surface area contributed by atoms with E-state index in [1.165, 1.54) is 37.6 Å². The molecule has 11 heteroatoms. The molecule has 5 aliphatic rings. The first-order chi connectivity index (χ1) is 20.8. The van der Waals surface area contributed by atoms with Crippen molar-refractivity contribution in [3.05, 3.63) is 42.1 Å². The average Bonchev–Trinajstić information content (AvgIpc) is 3.94. The van der Waals surface area contributed by atoms with Crippen molar-refractivity contribution in [1.82, 2.24) is 24.5 Å². The van der Waals surface area contributed by atoms with E-state index < -0.39 is 0 Å². The lowest BCUT2D eigenvalue weighted by atomic mass is 9.93. The minimum Gasteiger partial charge on any atom is -0.477 e. The Labute approximate surface area is 258 Å². The summed E-state index contributed by atoms with van der Waals surface area (Å²) in [6, 6.07) is 9.26. The van der Waals surface area contributed by atoms with Gasteiger partial charge in [0.05, 0.1) is 12.2 Å². The zero-order chi connectivity index (χ0) is 29.4. The van der Waals surface area contributed by atoms with Crippen molar-refractivity contribution in [2.45, 2.75) is 75.8 Å². The molecule has 3 saturated carbocycles. The van der Waals surface area contributed by atoms with E-state index in [1.807, 2.05) is 36.5 Å². The maximum Gasteiger partial charge on any atom is 0.265 e. The third-order valence-corrected chi connectivity index (χ3v) is 11.6. The Morgan fingerprint density at radius 1 is 1.09 bits per heavy atom. The molecule has 3 aromatic rings. The van der Waals surface area contributed by atoms with Gasteiger partial charge in [0.2, 0.25) is 5.88 Å². The minimum absolute atomic E-state index is 0.154. The number of carbonyl (C=O) groups excluding carboxylic acids is 1. The highest BCUT2D eigenvalue weighted by molar-refractivity contribution is 7.97. The van der Waals surface area contributed by atoms with Gasteiger partial charge in [0.25, 0.3) is 5.91 Å². The van der Waals surface area contributed by atoms with E-state index in [9.17, 15) is 4.79 Å². The summed E-state index contributed by atoms with van der Waals surface area (Å²) in [4.78, 5) is 25.6. The Hall–Kier alpha value is -3.21. The minimum atomic E-state index is -0.215. The van der Waals surface area contributed by atoms with E-state index in [1.54, 1.807) is 4.68 Å². The highest BCUT2D eigenvalue weighted by atomic mass is 32.2.